The summed E-state index contributed by atoms with van der Waals surface area (Å²) in [6.45, 7) is 4.01. The van der Waals surface area contributed by atoms with Crippen LogP contribution in [0.15, 0.2) is 48.0 Å². The Hall–Kier alpha value is -1.80. The van der Waals surface area contributed by atoms with E-state index in [1.54, 1.807) is 4.90 Å². The Kier molecular flexibility index (Phi) is 2.20. The fourth-order valence-electron chi connectivity index (χ4n) is 2.31. The first-order valence-corrected chi connectivity index (χ1v) is 5.73. The molecule has 0 saturated carbocycles. The molecule has 1 aliphatic rings. The zero-order chi connectivity index (χ0) is 12.0. The van der Waals surface area contributed by atoms with Crippen LogP contribution in [0.4, 0.5) is 5.69 Å². The smallest absolute Gasteiger partial charge is 0.259 e. The zero-order valence-electron chi connectivity index (χ0n) is 9.11. The first-order valence-electron chi connectivity index (χ1n) is 5.35. The van der Waals surface area contributed by atoms with Crippen LogP contribution in [0, 0.1) is 0 Å². The largest absolute Gasteiger partial charge is 0.302 e. The van der Waals surface area contributed by atoms with Crippen LogP contribution in [-0.2, 0) is 0 Å². The van der Waals surface area contributed by atoms with Crippen LogP contribution in [0.5, 0.6) is 0 Å². The minimum Gasteiger partial charge on any atom is -0.302 e. The fraction of sp³-hybridized carbons (Fsp3) is 0.0714. The van der Waals surface area contributed by atoms with Gasteiger partial charge in [-0.15, -0.1) is 0 Å². The first-order chi connectivity index (χ1) is 8.18. The molecule has 0 atom stereocenters. The van der Waals surface area contributed by atoms with Crippen LogP contribution >= 0.6 is 11.6 Å². The van der Waals surface area contributed by atoms with Crippen LogP contribution in [0.3, 0.4) is 0 Å². The van der Waals surface area contributed by atoms with Crippen molar-refractivity contribution in [3.63, 3.8) is 0 Å². The van der Waals surface area contributed by atoms with Crippen molar-refractivity contribution in [1.29, 1.82) is 0 Å². The lowest BCUT2D eigenvalue weighted by Gasteiger charge is -2.16. The number of halogens is 1. The van der Waals surface area contributed by atoms with Gasteiger partial charge in [0.05, 0.1) is 12.2 Å². The number of anilines is 1. The molecule has 84 valence electrons. The normalized spacial score (nSPS) is 13.5. The monoisotopic (exact) mass is 243 g/mol. The quantitative estimate of drug-likeness (QED) is 0.790. The van der Waals surface area contributed by atoms with Gasteiger partial charge in [0, 0.05) is 16.0 Å². The third-order valence-electron chi connectivity index (χ3n) is 2.98. The van der Waals surface area contributed by atoms with E-state index in [9.17, 15) is 4.79 Å². The minimum absolute atomic E-state index is 0.00130. The molecule has 17 heavy (non-hydrogen) atoms. The Balaban J connectivity index is 2.27. The van der Waals surface area contributed by atoms with E-state index in [4.69, 9.17) is 11.6 Å². The van der Waals surface area contributed by atoms with E-state index >= 15 is 0 Å². The van der Waals surface area contributed by atoms with Gasteiger partial charge in [-0.3, -0.25) is 4.79 Å². The number of benzene rings is 2. The molecular formula is C14H10ClNO. The van der Waals surface area contributed by atoms with E-state index in [1.807, 2.05) is 36.4 Å². The summed E-state index contributed by atoms with van der Waals surface area (Å²) in [7, 11) is 0. The number of amides is 1. The average molecular weight is 244 g/mol. The average Bonchev–Trinajstić information content (AvgIpc) is 2.57. The SMILES string of the molecule is C=C(Cl)CN1C(=O)c2cccc3cccc1c23. The summed E-state index contributed by atoms with van der Waals surface area (Å²) in [5.74, 6) is -0.00130. The van der Waals surface area contributed by atoms with E-state index in [1.165, 1.54) is 0 Å². The number of nitrogens with zero attached hydrogens (tertiary/aromatic N) is 1. The minimum atomic E-state index is -0.00130. The molecule has 3 heteroatoms. The van der Waals surface area contributed by atoms with Gasteiger partial charge in [-0.25, -0.2) is 0 Å². The van der Waals surface area contributed by atoms with Crippen molar-refractivity contribution in [3.8, 4) is 0 Å². The van der Waals surface area contributed by atoms with Crippen LogP contribution in [0.2, 0.25) is 0 Å². The molecule has 2 aromatic carbocycles. The van der Waals surface area contributed by atoms with E-state index in [0.717, 1.165) is 22.0 Å². The van der Waals surface area contributed by atoms with Crippen molar-refractivity contribution < 1.29 is 4.79 Å². The number of hydrogen-bond acceptors (Lipinski definition) is 1. The highest BCUT2D eigenvalue weighted by Crippen LogP contribution is 2.37. The Labute approximate surface area is 104 Å². The molecule has 0 unspecified atom stereocenters. The molecule has 0 N–H and O–H groups in total. The van der Waals surface area contributed by atoms with Crippen molar-refractivity contribution in [3.05, 3.63) is 53.6 Å². The van der Waals surface area contributed by atoms with Crippen molar-refractivity contribution in [2.75, 3.05) is 11.4 Å². The third-order valence-corrected chi connectivity index (χ3v) is 3.10. The maximum Gasteiger partial charge on any atom is 0.259 e. The highest BCUT2D eigenvalue weighted by atomic mass is 35.5. The molecule has 3 rings (SSSR count). The molecule has 0 aromatic heterocycles. The molecule has 0 spiro atoms. The van der Waals surface area contributed by atoms with Gasteiger partial charge >= 0.3 is 0 Å². The van der Waals surface area contributed by atoms with Gasteiger partial charge in [-0.2, -0.15) is 0 Å². The van der Waals surface area contributed by atoms with Gasteiger partial charge < -0.3 is 4.90 Å². The third kappa shape index (κ3) is 1.45. The predicted molar refractivity (Wildman–Crippen MR) is 70.6 cm³/mol. The number of carbonyl (C=O) groups excluding carboxylic acids is 1. The molecule has 1 amide bonds. The summed E-state index contributed by atoms with van der Waals surface area (Å²) < 4.78 is 0. The summed E-state index contributed by atoms with van der Waals surface area (Å²) in [5, 5.41) is 2.55. The zero-order valence-corrected chi connectivity index (χ0v) is 9.87. The highest BCUT2D eigenvalue weighted by molar-refractivity contribution is 6.31. The second-order valence-corrected chi connectivity index (χ2v) is 4.62. The Bertz CT molecular complexity index is 642. The molecular weight excluding hydrogens is 234 g/mol. The maximum absolute atomic E-state index is 12.2. The molecule has 0 radical (unpaired) electrons. The summed E-state index contributed by atoms with van der Waals surface area (Å²) in [5.41, 5.74) is 1.67. The van der Waals surface area contributed by atoms with E-state index in [-0.39, 0.29) is 5.91 Å². The lowest BCUT2D eigenvalue weighted by atomic mass is 10.1. The maximum atomic E-state index is 12.2. The topological polar surface area (TPSA) is 20.3 Å². The molecule has 0 saturated heterocycles. The lowest BCUT2D eigenvalue weighted by molar-refractivity contribution is 0.0995. The van der Waals surface area contributed by atoms with Crippen LogP contribution in [0.1, 0.15) is 10.4 Å². The second kappa shape index (κ2) is 3.60. The van der Waals surface area contributed by atoms with Crippen molar-refractivity contribution >= 4 is 34.0 Å². The van der Waals surface area contributed by atoms with Crippen molar-refractivity contribution in [1.82, 2.24) is 0 Å². The molecule has 0 bridgehead atoms. The fourth-order valence-corrected chi connectivity index (χ4v) is 2.43. The van der Waals surface area contributed by atoms with E-state index < -0.39 is 0 Å². The predicted octanol–water partition coefficient (Wildman–Crippen LogP) is 3.55. The van der Waals surface area contributed by atoms with Crippen molar-refractivity contribution in [2.24, 2.45) is 0 Å². The summed E-state index contributed by atoms with van der Waals surface area (Å²) >= 11 is 5.81. The molecule has 2 nitrogen and oxygen atoms in total. The van der Waals surface area contributed by atoms with Crippen molar-refractivity contribution in [2.45, 2.75) is 0 Å². The van der Waals surface area contributed by atoms with Gasteiger partial charge in [0.2, 0.25) is 0 Å². The summed E-state index contributed by atoms with van der Waals surface area (Å²) in [6, 6.07) is 11.7. The van der Waals surface area contributed by atoms with E-state index in [0.29, 0.717) is 11.6 Å². The van der Waals surface area contributed by atoms with Crippen LogP contribution < -0.4 is 4.90 Å². The molecule has 2 aromatic rings. The molecule has 0 aliphatic carbocycles. The van der Waals surface area contributed by atoms with Crippen LogP contribution in [-0.4, -0.2) is 12.5 Å². The molecule has 0 fully saturated rings. The molecule has 1 aliphatic heterocycles. The van der Waals surface area contributed by atoms with Crippen LogP contribution in [0.25, 0.3) is 10.8 Å². The summed E-state index contributed by atoms with van der Waals surface area (Å²) in [4.78, 5) is 13.9. The number of carbonyl (C=O) groups is 1. The standard InChI is InChI=1S/C14H10ClNO/c1-9(15)8-16-12-7-3-5-10-4-2-6-11(13(10)12)14(16)17/h2-7H,1,8H2. The Morgan fingerprint density at radius 1 is 1.24 bits per heavy atom. The second-order valence-electron chi connectivity index (χ2n) is 4.09. The van der Waals surface area contributed by atoms with E-state index in [2.05, 4.69) is 6.58 Å². The Morgan fingerprint density at radius 2 is 1.94 bits per heavy atom. The lowest BCUT2D eigenvalue weighted by Crippen LogP contribution is -2.27. The van der Waals surface area contributed by atoms with Gasteiger partial charge in [-0.05, 0) is 17.5 Å². The summed E-state index contributed by atoms with van der Waals surface area (Å²) in [6.07, 6.45) is 0. The highest BCUT2D eigenvalue weighted by Gasteiger charge is 2.29. The number of hydrogen-bond donors (Lipinski definition) is 0. The van der Waals surface area contributed by atoms with Gasteiger partial charge in [-0.1, -0.05) is 42.4 Å². The molecule has 1 heterocycles. The first kappa shape index (κ1) is 10.4. The van der Waals surface area contributed by atoms with Gasteiger partial charge in [0.25, 0.3) is 5.91 Å². The van der Waals surface area contributed by atoms with Gasteiger partial charge in [0.1, 0.15) is 0 Å². The van der Waals surface area contributed by atoms with Gasteiger partial charge in [0.15, 0.2) is 0 Å². The number of rotatable bonds is 2. The Morgan fingerprint density at radius 3 is 2.65 bits per heavy atom.